The molecule has 0 aromatic heterocycles. The van der Waals surface area contributed by atoms with Crippen molar-refractivity contribution in [1.82, 2.24) is 4.90 Å². The summed E-state index contributed by atoms with van der Waals surface area (Å²) < 4.78 is 0. The number of hydrogen-bond acceptors (Lipinski definition) is 3. The van der Waals surface area contributed by atoms with Gasteiger partial charge in [-0.1, -0.05) is 23.6 Å². The van der Waals surface area contributed by atoms with E-state index in [2.05, 4.69) is 37.1 Å². The predicted octanol–water partition coefficient (Wildman–Crippen LogP) is 2.11. The Hall–Kier alpha value is -1.44. The first-order valence-corrected chi connectivity index (χ1v) is 6.67. The Bertz CT molecular complexity index is 422. The van der Waals surface area contributed by atoms with E-state index >= 15 is 0 Å². The number of benzene rings is 1. The lowest BCUT2D eigenvalue weighted by molar-refractivity contribution is -0.138. The van der Waals surface area contributed by atoms with Crippen LogP contribution in [-0.4, -0.2) is 41.4 Å². The summed E-state index contributed by atoms with van der Waals surface area (Å²) in [4.78, 5) is 13.6. The molecule has 18 heavy (non-hydrogen) atoms. The van der Waals surface area contributed by atoms with Crippen LogP contribution in [0.2, 0.25) is 0 Å². The summed E-state index contributed by atoms with van der Waals surface area (Å²) in [5, 5.41) is 8.74. The highest BCUT2D eigenvalue weighted by molar-refractivity contribution is 7.99. The standard InChI is InChI=1S/C14H17NO2S/c1-3-8-15(11-14(16)17)9-10-18-13-6-4-12(2)5-7-13/h1,4-7H,8-11H2,2H3,(H,16,17). The number of rotatable bonds is 7. The molecule has 0 fully saturated rings. The first-order valence-electron chi connectivity index (χ1n) is 5.69. The average molecular weight is 263 g/mol. The first kappa shape index (κ1) is 14.6. The van der Waals surface area contributed by atoms with E-state index in [-0.39, 0.29) is 6.54 Å². The Morgan fingerprint density at radius 1 is 1.44 bits per heavy atom. The van der Waals surface area contributed by atoms with Gasteiger partial charge in [-0.15, -0.1) is 18.2 Å². The molecule has 0 unspecified atom stereocenters. The Labute approximate surface area is 112 Å². The average Bonchev–Trinajstić information content (AvgIpc) is 2.31. The molecule has 0 bridgehead atoms. The zero-order chi connectivity index (χ0) is 13.4. The number of aryl methyl sites for hydroxylation is 1. The van der Waals surface area contributed by atoms with Crippen LogP contribution in [0.1, 0.15) is 5.56 Å². The third-order valence-corrected chi connectivity index (χ3v) is 3.36. The third-order valence-electron chi connectivity index (χ3n) is 2.37. The van der Waals surface area contributed by atoms with E-state index in [0.717, 1.165) is 5.75 Å². The van der Waals surface area contributed by atoms with Gasteiger partial charge < -0.3 is 5.11 Å². The van der Waals surface area contributed by atoms with Crippen molar-refractivity contribution < 1.29 is 9.90 Å². The molecular weight excluding hydrogens is 246 g/mol. The highest BCUT2D eigenvalue weighted by atomic mass is 32.2. The monoisotopic (exact) mass is 263 g/mol. The molecule has 96 valence electrons. The summed E-state index contributed by atoms with van der Waals surface area (Å²) in [7, 11) is 0. The largest absolute Gasteiger partial charge is 0.480 e. The lowest BCUT2D eigenvalue weighted by Crippen LogP contribution is -2.32. The lowest BCUT2D eigenvalue weighted by Gasteiger charge is -2.16. The minimum atomic E-state index is -0.842. The van der Waals surface area contributed by atoms with E-state index < -0.39 is 5.97 Å². The van der Waals surface area contributed by atoms with Crippen LogP contribution in [0, 0.1) is 19.3 Å². The van der Waals surface area contributed by atoms with E-state index in [0.29, 0.717) is 13.1 Å². The van der Waals surface area contributed by atoms with Crippen molar-refractivity contribution in [3.63, 3.8) is 0 Å². The molecule has 0 radical (unpaired) electrons. The molecule has 0 aliphatic rings. The number of carboxylic acids is 1. The molecule has 1 aromatic rings. The summed E-state index contributed by atoms with van der Waals surface area (Å²) in [5.74, 6) is 2.47. The minimum absolute atomic E-state index is 0.00133. The van der Waals surface area contributed by atoms with Crippen LogP contribution in [-0.2, 0) is 4.79 Å². The van der Waals surface area contributed by atoms with Gasteiger partial charge in [-0.25, -0.2) is 0 Å². The fraction of sp³-hybridized carbons (Fsp3) is 0.357. The summed E-state index contributed by atoms with van der Waals surface area (Å²) >= 11 is 1.71. The van der Waals surface area contributed by atoms with Crippen LogP contribution in [0.15, 0.2) is 29.2 Å². The van der Waals surface area contributed by atoms with Crippen LogP contribution in [0.4, 0.5) is 0 Å². The van der Waals surface area contributed by atoms with Crippen molar-refractivity contribution in [3.05, 3.63) is 29.8 Å². The molecule has 4 heteroatoms. The van der Waals surface area contributed by atoms with E-state index in [1.807, 2.05) is 0 Å². The molecule has 0 saturated carbocycles. The van der Waals surface area contributed by atoms with Gasteiger partial charge in [0.2, 0.25) is 0 Å². The number of aliphatic carboxylic acids is 1. The third kappa shape index (κ3) is 5.76. The van der Waals surface area contributed by atoms with Gasteiger partial charge in [-0.05, 0) is 19.1 Å². The van der Waals surface area contributed by atoms with Crippen LogP contribution in [0.5, 0.6) is 0 Å². The highest BCUT2D eigenvalue weighted by Gasteiger charge is 2.07. The molecular formula is C14H17NO2S. The number of thioether (sulfide) groups is 1. The molecule has 0 spiro atoms. The highest BCUT2D eigenvalue weighted by Crippen LogP contribution is 2.18. The maximum absolute atomic E-state index is 10.6. The van der Waals surface area contributed by atoms with Crippen molar-refractivity contribution in [2.75, 3.05) is 25.4 Å². The second kappa shape index (κ2) is 7.80. The van der Waals surface area contributed by atoms with Gasteiger partial charge in [0.15, 0.2) is 0 Å². The quantitative estimate of drug-likeness (QED) is 0.604. The topological polar surface area (TPSA) is 40.5 Å². The molecule has 0 saturated heterocycles. The summed E-state index contributed by atoms with van der Waals surface area (Å²) in [6.45, 7) is 3.10. The van der Waals surface area contributed by atoms with Gasteiger partial charge in [0.05, 0.1) is 13.1 Å². The van der Waals surface area contributed by atoms with E-state index in [9.17, 15) is 4.79 Å². The van der Waals surface area contributed by atoms with Gasteiger partial charge in [0, 0.05) is 17.2 Å². The van der Waals surface area contributed by atoms with Gasteiger partial charge in [0.1, 0.15) is 0 Å². The van der Waals surface area contributed by atoms with Crippen LogP contribution >= 0.6 is 11.8 Å². The summed E-state index contributed by atoms with van der Waals surface area (Å²) in [6.07, 6.45) is 5.21. The second-order valence-electron chi connectivity index (χ2n) is 3.97. The molecule has 1 aromatic carbocycles. The van der Waals surface area contributed by atoms with Gasteiger partial charge >= 0.3 is 5.97 Å². The summed E-state index contributed by atoms with van der Waals surface area (Å²) in [5.41, 5.74) is 1.24. The predicted molar refractivity (Wildman–Crippen MR) is 74.8 cm³/mol. The molecule has 0 aliphatic heterocycles. The molecule has 0 aliphatic carbocycles. The minimum Gasteiger partial charge on any atom is -0.480 e. The van der Waals surface area contributed by atoms with Crippen molar-refractivity contribution >= 4 is 17.7 Å². The number of carboxylic acid groups (broad SMARTS) is 1. The fourth-order valence-electron chi connectivity index (χ4n) is 1.46. The van der Waals surface area contributed by atoms with E-state index in [4.69, 9.17) is 11.5 Å². The molecule has 0 atom stereocenters. The Morgan fingerprint density at radius 2 is 2.11 bits per heavy atom. The van der Waals surface area contributed by atoms with Gasteiger partial charge in [-0.3, -0.25) is 9.69 Å². The van der Waals surface area contributed by atoms with Crippen molar-refractivity contribution in [2.45, 2.75) is 11.8 Å². The zero-order valence-corrected chi connectivity index (χ0v) is 11.2. The number of nitrogens with zero attached hydrogens (tertiary/aromatic N) is 1. The van der Waals surface area contributed by atoms with Crippen molar-refractivity contribution in [3.8, 4) is 12.3 Å². The smallest absolute Gasteiger partial charge is 0.317 e. The fourth-order valence-corrected chi connectivity index (χ4v) is 2.38. The molecule has 3 nitrogen and oxygen atoms in total. The van der Waals surface area contributed by atoms with Gasteiger partial charge in [-0.2, -0.15) is 0 Å². The molecule has 0 amide bonds. The second-order valence-corrected chi connectivity index (χ2v) is 5.14. The SMILES string of the molecule is C#CCN(CCSc1ccc(C)cc1)CC(=O)O. The first-order chi connectivity index (χ1) is 8.61. The molecule has 0 heterocycles. The Kier molecular flexibility index (Phi) is 6.34. The number of hydrogen-bond donors (Lipinski definition) is 1. The normalized spacial score (nSPS) is 10.3. The lowest BCUT2D eigenvalue weighted by atomic mass is 10.2. The van der Waals surface area contributed by atoms with E-state index in [1.54, 1.807) is 16.7 Å². The van der Waals surface area contributed by atoms with E-state index in [1.165, 1.54) is 10.5 Å². The zero-order valence-electron chi connectivity index (χ0n) is 10.4. The number of terminal acetylenes is 1. The Balaban J connectivity index is 2.36. The molecule has 1 N–H and O–H groups in total. The van der Waals surface area contributed by atoms with Crippen LogP contribution in [0.25, 0.3) is 0 Å². The summed E-state index contributed by atoms with van der Waals surface area (Å²) in [6, 6.07) is 8.28. The van der Waals surface area contributed by atoms with Crippen molar-refractivity contribution in [2.24, 2.45) is 0 Å². The maximum Gasteiger partial charge on any atom is 0.317 e. The maximum atomic E-state index is 10.6. The Morgan fingerprint density at radius 3 is 2.67 bits per heavy atom. The van der Waals surface area contributed by atoms with Crippen molar-refractivity contribution in [1.29, 1.82) is 0 Å². The van der Waals surface area contributed by atoms with Crippen LogP contribution in [0.3, 0.4) is 0 Å². The molecule has 1 rings (SSSR count). The van der Waals surface area contributed by atoms with Gasteiger partial charge in [0.25, 0.3) is 0 Å². The number of carbonyl (C=O) groups is 1. The van der Waals surface area contributed by atoms with Crippen LogP contribution < -0.4 is 0 Å².